The van der Waals surface area contributed by atoms with Gasteiger partial charge in [-0.25, -0.2) is 0 Å². The summed E-state index contributed by atoms with van der Waals surface area (Å²) in [7, 11) is -1.44. The first-order valence-electron chi connectivity index (χ1n) is 7.97. The normalized spacial score (nSPS) is 32.3. The minimum Gasteiger partial charge on any atom is -0.146 e. The van der Waals surface area contributed by atoms with E-state index in [-0.39, 0.29) is 0 Å². The van der Waals surface area contributed by atoms with Crippen LogP contribution in [0.5, 0.6) is 0 Å². The molecule has 1 unspecified atom stereocenters. The fourth-order valence-corrected chi connectivity index (χ4v) is 6.89. The van der Waals surface area contributed by atoms with Crippen molar-refractivity contribution in [3.63, 3.8) is 0 Å². The van der Waals surface area contributed by atoms with Crippen molar-refractivity contribution < 1.29 is 0 Å². The van der Waals surface area contributed by atoms with E-state index in [1.165, 1.54) is 58.0 Å². The Morgan fingerprint density at radius 2 is 1.68 bits per heavy atom. The second-order valence-corrected chi connectivity index (χ2v) is 8.65. The summed E-state index contributed by atoms with van der Waals surface area (Å²) in [5.41, 5.74) is 0. The molecule has 1 aliphatic carbocycles. The van der Waals surface area contributed by atoms with Gasteiger partial charge < -0.3 is 0 Å². The van der Waals surface area contributed by atoms with Crippen LogP contribution in [0.4, 0.5) is 0 Å². The maximum atomic E-state index is 4.02. The van der Waals surface area contributed by atoms with Gasteiger partial charge in [0.05, 0.1) is 0 Å². The molecule has 0 aromatic carbocycles. The maximum Gasteiger partial charge on any atom is 0.300 e. The van der Waals surface area contributed by atoms with Crippen LogP contribution in [-0.4, -0.2) is 36.9 Å². The van der Waals surface area contributed by atoms with Crippen LogP contribution in [0.3, 0.4) is 0 Å². The van der Waals surface area contributed by atoms with Crippen LogP contribution in [0, 0.1) is 0 Å². The van der Waals surface area contributed by atoms with E-state index >= 15 is 0 Å². The number of nitrogens with zero attached hydrogens (tertiary/aromatic N) is 1. The Labute approximate surface area is 117 Å². The number of hydrogen-bond acceptors (Lipinski definition) is 4. The Hall–Kier alpha value is 0.0100. The predicted octanol–water partition coefficient (Wildman–Crippen LogP) is 2.43. The lowest BCUT2D eigenvalue weighted by Gasteiger charge is -2.43. The molecular weight excluding hydrogens is 255 g/mol. The first-order valence-corrected chi connectivity index (χ1v) is 9.71. The van der Waals surface area contributed by atoms with Crippen molar-refractivity contribution in [3.05, 3.63) is 12.2 Å². The van der Waals surface area contributed by atoms with Crippen molar-refractivity contribution in [1.29, 1.82) is 0 Å². The molecule has 3 aliphatic rings. The highest BCUT2D eigenvalue weighted by Crippen LogP contribution is 2.54. The number of fused-ring (bicyclic) bond motifs is 1. The Morgan fingerprint density at radius 1 is 0.947 bits per heavy atom. The van der Waals surface area contributed by atoms with Gasteiger partial charge in [0.1, 0.15) is 0 Å². The van der Waals surface area contributed by atoms with Crippen molar-refractivity contribution in [3.8, 4) is 0 Å². The topological polar surface area (TPSA) is 39.3 Å². The standard InChI is InChI=1S/C14H28N4P/c1-2-4-8-14(9-5-3-1)17-19-15-10-6-12-18(19)13-7-11-16-19/h1-2,14-17H,3-13H2/q+1. The van der Waals surface area contributed by atoms with Crippen LogP contribution in [0.25, 0.3) is 0 Å². The zero-order valence-corrected chi connectivity index (χ0v) is 12.8. The Bertz CT molecular complexity index is 309. The summed E-state index contributed by atoms with van der Waals surface area (Å²) in [6.07, 6.45) is 13.7. The van der Waals surface area contributed by atoms with Crippen molar-refractivity contribution in [2.75, 3.05) is 26.2 Å². The average Bonchev–Trinajstić information content (AvgIpc) is 2.42. The third-order valence-electron chi connectivity index (χ3n) is 4.43. The fraction of sp³-hybridized carbons (Fsp3) is 0.857. The molecule has 4 nitrogen and oxygen atoms in total. The minimum absolute atomic E-state index is 0.678. The summed E-state index contributed by atoms with van der Waals surface area (Å²) >= 11 is 0. The van der Waals surface area contributed by atoms with E-state index in [1.54, 1.807) is 0 Å². The molecule has 0 saturated carbocycles. The number of hydrogen-bond donors (Lipinski definition) is 3. The zero-order chi connectivity index (χ0) is 13.0. The van der Waals surface area contributed by atoms with E-state index in [0.29, 0.717) is 6.04 Å². The Kier molecular flexibility index (Phi) is 4.88. The van der Waals surface area contributed by atoms with Crippen LogP contribution < -0.4 is 15.3 Å². The molecule has 19 heavy (non-hydrogen) atoms. The van der Waals surface area contributed by atoms with Gasteiger partial charge in [-0.2, -0.15) is 0 Å². The van der Waals surface area contributed by atoms with E-state index in [0.717, 1.165) is 13.1 Å². The van der Waals surface area contributed by atoms with Crippen LogP contribution in [-0.2, 0) is 0 Å². The van der Waals surface area contributed by atoms with Gasteiger partial charge in [-0.05, 0) is 44.9 Å². The summed E-state index contributed by atoms with van der Waals surface area (Å²) in [4.78, 5) is 0. The third kappa shape index (κ3) is 3.37. The Balaban J connectivity index is 1.66. The summed E-state index contributed by atoms with van der Waals surface area (Å²) in [6.45, 7) is 4.84. The molecule has 2 aliphatic heterocycles. The average molecular weight is 283 g/mol. The molecule has 2 saturated heterocycles. The molecule has 3 rings (SSSR count). The van der Waals surface area contributed by atoms with Crippen molar-refractivity contribution in [2.45, 2.75) is 51.0 Å². The molecule has 0 radical (unpaired) electrons. The van der Waals surface area contributed by atoms with E-state index in [9.17, 15) is 0 Å². The summed E-state index contributed by atoms with van der Waals surface area (Å²) < 4.78 is 2.68. The minimum atomic E-state index is -1.44. The molecule has 1 atom stereocenters. The number of rotatable bonds is 2. The van der Waals surface area contributed by atoms with E-state index in [2.05, 4.69) is 32.1 Å². The summed E-state index contributed by atoms with van der Waals surface area (Å²) in [5, 5.41) is 11.7. The highest BCUT2D eigenvalue weighted by atomic mass is 31.2. The predicted molar refractivity (Wildman–Crippen MR) is 82.9 cm³/mol. The first kappa shape index (κ1) is 14.0. The third-order valence-corrected chi connectivity index (χ3v) is 7.78. The van der Waals surface area contributed by atoms with E-state index in [4.69, 9.17) is 0 Å². The molecule has 0 amide bonds. The largest absolute Gasteiger partial charge is 0.300 e. The van der Waals surface area contributed by atoms with E-state index in [1.807, 2.05) is 0 Å². The van der Waals surface area contributed by atoms with Gasteiger partial charge in [-0.3, -0.25) is 0 Å². The van der Waals surface area contributed by atoms with Crippen LogP contribution in [0.15, 0.2) is 12.2 Å². The molecule has 0 aromatic rings. The van der Waals surface area contributed by atoms with Gasteiger partial charge in [0, 0.05) is 32.2 Å². The zero-order valence-electron chi connectivity index (χ0n) is 11.9. The van der Waals surface area contributed by atoms with Gasteiger partial charge in [-0.1, -0.05) is 12.2 Å². The summed E-state index contributed by atoms with van der Waals surface area (Å²) in [6, 6.07) is 0.678. The second kappa shape index (κ2) is 6.64. The molecule has 0 bridgehead atoms. The summed E-state index contributed by atoms with van der Waals surface area (Å²) in [5.74, 6) is 0. The lowest BCUT2D eigenvalue weighted by atomic mass is 10.0. The van der Waals surface area contributed by atoms with Gasteiger partial charge in [0.2, 0.25) is 0 Å². The molecule has 2 heterocycles. The van der Waals surface area contributed by atoms with Crippen LogP contribution in [0.1, 0.15) is 44.9 Å². The highest BCUT2D eigenvalue weighted by Gasteiger charge is 2.50. The SMILES string of the molecule is C1=CCCC(N[P+]23NCCCN2CCCN3)CCC1. The van der Waals surface area contributed by atoms with E-state index < -0.39 is 7.87 Å². The first-order chi connectivity index (χ1) is 9.39. The van der Waals surface area contributed by atoms with Crippen molar-refractivity contribution in [2.24, 2.45) is 0 Å². The lowest BCUT2D eigenvalue weighted by Crippen LogP contribution is -2.57. The fourth-order valence-electron chi connectivity index (χ4n) is 3.40. The van der Waals surface area contributed by atoms with Gasteiger partial charge >= 0.3 is 7.87 Å². The maximum absolute atomic E-state index is 4.02. The highest BCUT2D eigenvalue weighted by molar-refractivity contribution is 7.67. The quantitative estimate of drug-likeness (QED) is 0.538. The Morgan fingerprint density at radius 3 is 2.47 bits per heavy atom. The molecule has 3 N–H and O–H groups in total. The molecular formula is C14H28N4P+. The van der Waals surface area contributed by atoms with Crippen molar-refractivity contribution in [1.82, 2.24) is 19.9 Å². The van der Waals surface area contributed by atoms with Gasteiger partial charge in [0.15, 0.2) is 0 Å². The monoisotopic (exact) mass is 283 g/mol. The molecule has 0 spiro atoms. The molecule has 5 heteroatoms. The van der Waals surface area contributed by atoms with Crippen molar-refractivity contribution >= 4 is 7.87 Å². The number of allylic oxidation sites excluding steroid dienone is 2. The van der Waals surface area contributed by atoms with Gasteiger partial charge in [0.25, 0.3) is 0 Å². The number of nitrogens with one attached hydrogen (secondary N) is 3. The molecule has 2 fully saturated rings. The smallest absolute Gasteiger partial charge is 0.146 e. The molecule has 0 aromatic heterocycles. The van der Waals surface area contributed by atoms with Crippen LogP contribution >= 0.6 is 7.87 Å². The second-order valence-electron chi connectivity index (χ2n) is 5.92. The van der Waals surface area contributed by atoms with Crippen LogP contribution in [0.2, 0.25) is 0 Å². The molecule has 108 valence electrons. The lowest BCUT2D eigenvalue weighted by molar-refractivity contribution is 0.349. The van der Waals surface area contributed by atoms with Gasteiger partial charge in [-0.15, -0.1) is 19.9 Å².